The van der Waals surface area contributed by atoms with Gasteiger partial charge in [-0.15, -0.1) is 0 Å². The molecule has 5 atom stereocenters. The second-order valence-electron chi connectivity index (χ2n) is 10.9. The van der Waals surface area contributed by atoms with Gasteiger partial charge in [0.25, 0.3) is 20.2 Å². The molecule has 1 saturated heterocycles. The number of benzene rings is 4. The SMILES string of the molecule is Cc1ccc(S(=O)(=O)OC[C@@H]2O[C@H](O)[C@@H](OC(=O)c3ccccc3)[C@H](OC(=O)c3ccccc3)[C@H]2OS(=O)(=O)c2ccc(C)cc2)cc1. The largest absolute Gasteiger partial charge is 0.452 e. The summed E-state index contributed by atoms with van der Waals surface area (Å²) in [5.74, 6) is -1.94. The van der Waals surface area contributed by atoms with Crippen LogP contribution in [0.1, 0.15) is 31.8 Å². The molecule has 4 aromatic carbocycles. The van der Waals surface area contributed by atoms with E-state index < -0.39 is 69.5 Å². The Morgan fingerprint density at radius 2 is 1.06 bits per heavy atom. The number of carbonyl (C=O) groups is 2. The van der Waals surface area contributed by atoms with Gasteiger partial charge in [-0.3, -0.25) is 8.37 Å². The van der Waals surface area contributed by atoms with Gasteiger partial charge in [-0.1, -0.05) is 71.8 Å². The Morgan fingerprint density at radius 1 is 0.625 bits per heavy atom. The molecule has 12 nitrogen and oxygen atoms in total. The third kappa shape index (κ3) is 8.34. The Hall–Kier alpha value is -4.44. The molecule has 14 heteroatoms. The third-order valence-corrected chi connectivity index (χ3v) is 9.98. The summed E-state index contributed by atoms with van der Waals surface area (Å²) in [6.45, 7) is 2.63. The number of ether oxygens (including phenoxy) is 3. The van der Waals surface area contributed by atoms with Gasteiger partial charge in [0.2, 0.25) is 0 Å². The molecule has 0 radical (unpaired) electrons. The van der Waals surface area contributed by atoms with Crippen molar-refractivity contribution in [2.75, 3.05) is 6.61 Å². The average Bonchev–Trinajstić information content (AvgIpc) is 3.07. The number of hydrogen-bond donors (Lipinski definition) is 1. The minimum atomic E-state index is -4.67. The first-order chi connectivity index (χ1) is 22.8. The van der Waals surface area contributed by atoms with Crippen LogP contribution in [0.5, 0.6) is 0 Å². The van der Waals surface area contributed by atoms with Crippen molar-refractivity contribution in [2.24, 2.45) is 0 Å². The molecule has 48 heavy (non-hydrogen) atoms. The molecule has 0 aliphatic carbocycles. The van der Waals surface area contributed by atoms with Crippen LogP contribution in [0.15, 0.2) is 119 Å². The van der Waals surface area contributed by atoms with Gasteiger partial charge in [0.05, 0.1) is 27.5 Å². The molecule has 0 aromatic heterocycles. The van der Waals surface area contributed by atoms with Gasteiger partial charge in [-0.2, -0.15) is 16.8 Å². The van der Waals surface area contributed by atoms with Crippen molar-refractivity contribution in [3.8, 4) is 0 Å². The van der Waals surface area contributed by atoms with Crippen molar-refractivity contribution in [1.82, 2.24) is 0 Å². The first-order valence-electron chi connectivity index (χ1n) is 14.7. The van der Waals surface area contributed by atoms with E-state index in [4.69, 9.17) is 22.6 Å². The van der Waals surface area contributed by atoms with Crippen molar-refractivity contribution < 1.29 is 54.1 Å². The van der Waals surface area contributed by atoms with Gasteiger partial charge in [0.15, 0.2) is 18.5 Å². The molecule has 4 aromatic rings. The van der Waals surface area contributed by atoms with Crippen molar-refractivity contribution in [2.45, 2.75) is 54.3 Å². The van der Waals surface area contributed by atoms with Crippen LogP contribution >= 0.6 is 0 Å². The van der Waals surface area contributed by atoms with Gasteiger partial charge in [-0.25, -0.2) is 9.59 Å². The summed E-state index contributed by atoms with van der Waals surface area (Å²) in [6.07, 6.45) is -9.34. The van der Waals surface area contributed by atoms with E-state index in [-0.39, 0.29) is 20.9 Å². The summed E-state index contributed by atoms with van der Waals surface area (Å²) >= 11 is 0. The summed E-state index contributed by atoms with van der Waals surface area (Å²) < 4.78 is 81.1. The molecule has 1 N–H and O–H groups in total. The molecule has 1 aliphatic rings. The molecule has 1 heterocycles. The molecule has 0 amide bonds. The number of carbonyl (C=O) groups excluding carboxylic acids is 2. The molecule has 1 aliphatic heterocycles. The second-order valence-corrected chi connectivity index (χ2v) is 14.1. The highest BCUT2D eigenvalue weighted by Gasteiger charge is 2.53. The fourth-order valence-corrected chi connectivity index (χ4v) is 6.80. The predicted octanol–water partition coefficient (Wildman–Crippen LogP) is 3.95. The maximum absolute atomic E-state index is 13.6. The molecule has 0 unspecified atom stereocenters. The topological polar surface area (TPSA) is 169 Å². The van der Waals surface area contributed by atoms with E-state index in [1.54, 1.807) is 62.4 Å². The van der Waals surface area contributed by atoms with E-state index in [1.165, 1.54) is 60.7 Å². The predicted molar refractivity (Wildman–Crippen MR) is 170 cm³/mol. The van der Waals surface area contributed by atoms with Crippen molar-refractivity contribution in [3.63, 3.8) is 0 Å². The Labute approximate surface area is 278 Å². The summed E-state index contributed by atoms with van der Waals surface area (Å²) in [5, 5.41) is 11.1. The maximum atomic E-state index is 13.6. The van der Waals surface area contributed by atoms with Crippen LogP contribution in [0.4, 0.5) is 0 Å². The zero-order chi connectivity index (χ0) is 34.5. The lowest BCUT2D eigenvalue weighted by Crippen LogP contribution is -2.62. The third-order valence-electron chi connectivity index (χ3n) is 7.36. The van der Waals surface area contributed by atoms with E-state index in [0.29, 0.717) is 0 Å². The standard InChI is InChI=1S/C34H32O12S2/c1-22-13-17-26(18-14-22)47(38,39)42-21-28-29(46-48(40,41)27-19-15-23(2)16-20-27)30(44-32(35)24-9-5-3-6-10-24)31(34(37)43-28)45-33(36)25-11-7-4-8-12-25/h3-20,28-31,34,37H,21H2,1-2H3/t28-,29-,30+,31-,34-/m0/s1. The summed E-state index contributed by atoms with van der Waals surface area (Å²) in [4.78, 5) is 26.0. The van der Waals surface area contributed by atoms with E-state index >= 15 is 0 Å². The van der Waals surface area contributed by atoms with Gasteiger partial charge in [-0.05, 0) is 62.4 Å². The number of aliphatic hydroxyl groups is 1. The van der Waals surface area contributed by atoms with Gasteiger partial charge in [0, 0.05) is 0 Å². The smallest absolute Gasteiger partial charge is 0.338 e. The molecular weight excluding hydrogens is 664 g/mol. The lowest BCUT2D eigenvalue weighted by Gasteiger charge is -2.42. The van der Waals surface area contributed by atoms with Crippen molar-refractivity contribution in [3.05, 3.63) is 131 Å². The van der Waals surface area contributed by atoms with Gasteiger partial charge in [0.1, 0.15) is 12.2 Å². The molecule has 5 rings (SSSR count). The van der Waals surface area contributed by atoms with E-state index in [1.807, 2.05) is 0 Å². The van der Waals surface area contributed by atoms with E-state index in [9.17, 15) is 31.5 Å². The van der Waals surface area contributed by atoms with E-state index in [0.717, 1.165) is 11.1 Å². The van der Waals surface area contributed by atoms with Crippen LogP contribution in [0.3, 0.4) is 0 Å². The van der Waals surface area contributed by atoms with Gasteiger partial charge >= 0.3 is 11.9 Å². The second kappa shape index (κ2) is 14.8. The van der Waals surface area contributed by atoms with Crippen LogP contribution < -0.4 is 0 Å². The molecule has 0 bridgehead atoms. The molecule has 252 valence electrons. The molecule has 0 spiro atoms. The summed E-state index contributed by atoms with van der Waals surface area (Å²) in [5.41, 5.74) is 1.66. The van der Waals surface area contributed by atoms with Crippen molar-refractivity contribution >= 4 is 32.2 Å². The summed E-state index contributed by atoms with van der Waals surface area (Å²) in [6, 6.07) is 26.7. The van der Waals surface area contributed by atoms with Gasteiger partial charge < -0.3 is 19.3 Å². The lowest BCUT2D eigenvalue weighted by molar-refractivity contribution is -0.278. The highest BCUT2D eigenvalue weighted by atomic mass is 32.2. The molecule has 1 fully saturated rings. The molecular formula is C34H32O12S2. The zero-order valence-corrected chi connectivity index (χ0v) is 27.4. The average molecular weight is 697 g/mol. The first-order valence-corrected chi connectivity index (χ1v) is 17.5. The zero-order valence-electron chi connectivity index (χ0n) is 25.7. The Kier molecular flexibility index (Phi) is 10.7. The first kappa shape index (κ1) is 34.9. The fourth-order valence-electron chi connectivity index (χ4n) is 4.77. The van der Waals surface area contributed by atoms with Crippen LogP contribution in [-0.4, -0.2) is 71.2 Å². The Balaban J connectivity index is 1.54. The highest BCUT2D eigenvalue weighted by Crippen LogP contribution is 2.32. The number of aliphatic hydroxyl groups excluding tert-OH is 1. The number of esters is 2. The highest BCUT2D eigenvalue weighted by molar-refractivity contribution is 7.87. The van der Waals surface area contributed by atoms with Crippen LogP contribution in [0, 0.1) is 13.8 Å². The van der Waals surface area contributed by atoms with Crippen LogP contribution in [0.25, 0.3) is 0 Å². The van der Waals surface area contributed by atoms with Crippen molar-refractivity contribution in [1.29, 1.82) is 0 Å². The quantitative estimate of drug-likeness (QED) is 0.177. The minimum absolute atomic E-state index is 0.0431. The Bertz CT molecular complexity index is 1930. The fraction of sp³-hybridized carbons (Fsp3) is 0.235. The number of rotatable bonds is 11. The monoisotopic (exact) mass is 696 g/mol. The van der Waals surface area contributed by atoms with E-state index in [2.05, 4.69) is 0 Å². The summed E-state index contributed by atoms with van der Waals surface area (Å²) in [7, 11) is -9.10. The van der Waals surface area contributed by atoms with Crippen LogP contribution in [0.2, 0.25) is 0 Å². The minimum Gasteiger partial charge on any atom is -0.452 e. The number of aryl methyl sites for hydroxylation is 2. The normalized spacial score (nSPS) is 21.3. The Morgan fingerprint density at radius 3 is 1.54 bits per heavy atom. The lowest BCUT2D eigenvalue weighted by atomic mass is 9.98. The van der Waals surface area contributed by atoms with Crippen LogP contribution in [-0.2, 0) is 42.8 Å². The number of hydrogen-bond acceptors (Lipinski definition) is 12. The maximum Gasteiger partial charge on any atom is 0.338 e. The molecule has 0 saturated carbocycles.